The van der Waals surface area contributed by atoms with Gasteiger partial charge in [0.2, 0.25) is 0 Å². The third kappa shape index (κ3) is 1.89. The SMILES string of the molecule is O=c1ccc2cc3cc(I)c(O)c(I)c3oc-2c1. The fourth-order valence-electron chi connectivity index (χ4n) is 1.82. The standard InChI is InChI=1S/C13H6I2O3/c14-9-4-7-3-6-1-2-8(16)5-10(6)18-13(7)11(15)12(9)17/h1-5,17H. The van der Waals surface area contributed by atoms with E-state index in [0.717, 1.165) is 14.5 Å². The molecule has 0 unspecified atom stereocenters. The van der Waals surface area contributed by atoms with Gasteiger partial charge in [-0.25, -0.2) is 0 Å². The van der Waals surface area contributed by atoms with Crippen LogP contribution >= 0.6 is 45.2 Å². The van der Waals surface area contributed by atoms with Crippen LogP contribution in [0.15, 0.2) is 39.5 Å². The predicted octanol–water partition coefficient (Wildman–Crippen LogP) is 3.81. The van der Waals surface area contributed by atoms with Gasteiger partial charge in [-0.3, -0.25) is 4.79 Å². The Bertz CT molecular complexity index is 792. The van der Waals surface area contributed by atoms with Gasteiger partial charge in [0.25, 0.3) is 0 Å². The lowest BCUT2D eigenvalue weighted by Gasteiger charge is -2.09. The van der Waals surface area contributed by atoms with Gasteiger partial charge in [0.1, 0.15) is 11.5 Å². The molecule has 0 radical (unpaired) electrons. The Balaban J connectivity index is 2.51. The minimum atomic E-state index is -0.0876. The van der Waals surface area contributed by atoms with Crippen LogP contribution in [-0.2, 0) is 0 Å². The van der Waals surface area contributed by atoms with Crippen molar-refractivity contribution >= 4 is 56.2 Å². The summed E-state index contributed by atoms with van der Waals surface area (Å²) >= 11 is 4.12. The maximum Gasteiger partial charge on any atom is 0.182 e. The first kappa shape index (κ1) is 12.2. The van der Waals surface area contributed by atoms with E-state index in [1.54, 1.807) is 6.07 Å². The van der Waals surface area contributed by atoms with Gasteiger partial charge >= 0.3 is 0 Å². The van der Waals surface area contributed by atoms with Crippen molar-refractivity contribution in [3.63, 3.8) is 0 Å². The second-order valence-corrected chi connectivity index (χ2v) is 6.13. The highest BCUT2D eigenvalue weighted by molar-refractivity contribution is 14.1. The van der Waals surface area contributed by atoms with Crippen LogP contribution in [0.4, 0.5) is 0 Å². The first-order valence-electron chi connectivity index (χ1n) is 5.11. The van der Waals surface area contributed by atoms with Crippen molar-refractivity contribution < 1.29 is 9.52 Å². The van der Waals surface area contributed by atoms with Crippen LogP contribution in [0.2, 0.25) is 0 Å². The number of fused-ring (bicyclic) bond motifs is 2. The second-order valence-electron chi connectivity index (χ2n) is 3.89. The predicted molar refractivity (Wildman–Crippen MR) is 86.2 cm³/mol. The first-order valence-corrected chi connectivity index (χ1v) is 7.26. The fourth-order valence-corrected chi connectivity index (χ4v) is 3.65. The van der Waals surface area contributed by atoms with Gasteiger partial charge in [-0.15, -0.1) is 0 Å². The van der Waals surface area contributed by atoms with Gasteiger partial charge in [-0.05, 0) is 69.4 Å². The minimum Gasteiger partial charge on any atom is -0.506 e. The Hall–Kier alpha value is -0.830. The van der Waals surface area contributed by atoms with Gasteiger partial charge in [0.05, 0.1) is 7.14 Å². The molecular weight excluding hydrogens is 458 g/mol. The van der Waals surface area contributed by atoms with Crippen LogP contribution in [0, 0.1) is 7.14 Å². The number of benzene rings is 2. The summed E-state index contributed by atoms with van der Waals surface area (Å²) in [6, 6.07) is 8.53. The van der Waals surface area contributed by atoms with Crippen molar-refractivity contribution in [3.05, 3.63) is 47.7 Å². The first-order chi connectivity index (χ1) is 8.56. The van der Waals surface area contributed by atoms with Gasteiger partial charge in [-0.1, -0.05) is 0 Å². The summed E-state index contributed by atoms with van der Waals surface area (Å²) in [6.45, 7) is 0. The molecule has 1 N–H and O–H groups in total. The molecule has 90 valence electrons. The van der Waals surface area contributed by atoms with E-state index in [0.29, 0.717) is 14.9 Å². The average molecular weight is 464 g/mol. The van der Waals surface area contributed by atoms with E-state index in [-0.39, 0.29) is 11.2 Å². The van der Waals surface area contributed by atoms with Crippen molar-refractivity contribution in [2.75, 3.05) is 0 Å². The van der Waals surface area contributed by atoms with E-state index in [1.165, 1.54) is 12.1 Å². The molecular formula is C13H6I2O3. The third-order valence-electron chi connectivity index (χ3n) is 2.69. The molecule has 0 spiro atoms. The maximum atomic E-state index is 11.3. The summed E-state index contributed by atoms with van der Waals surface area (Å²) in [5.41, 5.74) is 1.39. The molecule has 1 aliphatic carbocycles. The Kier molecular flexibility index (Phi) is 2.97. The number of hydrogen-bond donors (Lipinski definition) is 1. The van der Waals surface area contributed by atoms with Crippen molar-refractivity contribution in [3.8, 4) is 17.1 Å². The molecule has 5 heteroatoms. The molecule has 3 rings (SSSR count). The summed E-state index contributed by atoms with van der Waals surface area (Å²) in [5.74, 6) is 0.749. The summed E-state index contributed by atoms with van der Waals surface area (Å²) in [5, 5.41) is 10.8. The van der Waals surface area contributed by atoms with Crippen LogP contribution in [0.1, 0.15) is 0 Å². The lowest BCUT2D eigenvalue weighted by atomic mass is 10.1. The number of phenolic OH excluding ortho intramolecular Hbond substituents is 1. The second kappa shape index (κ2) is 4.37. The van der Waals surface area contributed by atoms with Crippen LogP contribution in [0.5, 0.6) is 5.75 Å². The van der Waals surface area contributed by atoms with Crippen molar-refractivity contribution in [1.29, 1.82) is 0 Å². The maximum absolute atomic E-state index is 11.3. The van der Waals surface area contributed by atoms with E-state index in [9.17, 15) is 9.90 Å². The Morgan fingerprint density at radius 3 is 2.67 bits per heavy atom. The molecule has 0 atom stereocenters. The highest BCUT2D eigenvalue weighted by Crippen LogP contribution is 2.36. The lowest BCUT2D eigenvalue weighted by Crippen LogP contribution is -1.97. The molecule has 0 fully saturated rings. The average Bonchev–Trinajstić information content (AvgIpc) is 2.35. The Morgan fingerprint density at radius 1 is 1.11 bits per heavy atom. The summed E-state index contributed by atoms with van der Waals surface area (Å²) in [7, 11) is 0. The molecule has 1 aliphatic heterocycles. The molecule has 0 bridgehead atoms. The highest BCUT2D eigenvalue weighted by atomic mass is 127. The Labute approximate surface area is 129 Å². The van der Waals surface area contributed by atoms with Crippen molar-refractivity contribution in [2.45, 2.75) is 0 Å². The molecule has 1 heterocycles. The molecule has 0 saturated heterocycles. The van der Waals surface area contributed by atoms with Gasteiger partial charge < -0.3 is 9.52 Å². The van der Waals surface area contributed by atoms with Crippen molar-refractivity contribution in [2.24, 2.45) is 0 Å². The molecule has 0 amide bonds. The van der Waals surface area contributed by atoms with Crippen LogP contribution < -0.4 is 5.43 Å². The van der Waals surface area contributed by atoms with Gasteiger partial charge in [0, 0.05) is 17.0 Å². The zero-order valence-electron chi connectivity index (χ0n) is 8.91. The zero-order valence-corrected chi connectivity index (χ0v) is 13.2. The molecule has 0 aromatic heterocycles. The number of halogens is 2. The van der Waals surface area contributed by atoms with Crippen LogP contribution in [-0.4, -0.2) is 5.11 Å². The minimum absolute atomic E-state index is 0.0876. The molecule has 0 saturated carbocycles. The topological polar surface area (TPSA) is 50.4 Å². The molecule has 1 aromatic carbocycles. The third-order valence-corrected chi connectivity index (χ3v) is 4.51. The monoisotopic (exact) mass is 464 g/mol. The van der Waals surface area contributed by atoms with E-state index in [2.05, 4.69) is 22.6 Å². The van der Waals surface area contributed by atoms with Crippen molar-refractivity contribution in [1.82, 2.24) is 0 Å². The largest absolute Gasteiger partial charge is 0.506 e. The van der Waals surface area contributed by atoms with Crippen LogP contribution in [0.25, 0.3) is 22.3 Å². The van der Waals surface area contributed by atoms with E-state index in [1.807, 2.05) is 34.7 Å². The number of hydrogen-bond acceptors (Lipinski definition) is 3. The number of aromatic hydroxyl groups is 1. The zero-order chi connectivity index (χ0) is 12.9. The number of phenols is 1. The van der Waals surface area contributed by atoms with E-state index in [4.69, 9.17) is 4.42 Å². The van der Waals surface area contributed by atoms with Gasteiger partial charge in [-0.2, -0.15) is 0 Å². The summed E-state index contributed by atoms with van der Waals surface area (Å²) in [6.07, 6.45) is 0. The molecule has 2 aliphatic rings. The fraction of sp³-hybridized carbons (Fsp3) is 0. The normalized spacial score (nSPS) is 11.2. The highest BCUT2D eigenvalue weighted by Gasteiger charge is 2.14. The molecule has 1 aromatic rings. The van der Waals surface area contributed by atoms with Crippen LogP contribution in [0.3, 0.4) is 0 Å². The van der Waals surface area contributed by atoms with E-state index >= 15 is 0 Å². The smallest absolute Gasteiger partial charge is 0.182 e. The quantitative estimate of drug-likeness (QED) is 0.407. The van der Waals surface area contributed by atoms with Gasteiger partial charge in [0.15, 0.2) is 11.0 Å². The van der Waals surface area contributed by atoms with E-state index < -0.39 is 0 Å². The molecule has 3 nitrogen and oxygen atoms in total. The molecule has 18 heavy (non-hydrogen) atoms. The number of rotatable bonds is 0. The Morgan fingerprint density at radius 2 is 1.89 bits per heavy atom. The summed E-state index contributed by atoms with van der Waals surface area (Å²) in [4.78, 5) is 11.3. The summed E-state index contributed by atoms with van der Waals surface area (Å²) < 4.78 is 7.16. The lowest BCUT2D eigenvalue weighted by molar-refractivity contribution is 0.466.